The smallest absolute Gasteiger partial charge is 0.410 e. The van der Waals surface area contributed by atoms with Crippen molar-refractivity contribution in [2.45, 2.75) is 44.5 Å². The summed E-state index contributed by atoms with van der Waals surface area (Å²) in [5.74, 6) is 0.209. The predicted octanol–water partition coefficient (Wildman–Crippen LogP) is 2.84. The molecule has 0 aliphatic carbocycles. The van der Waals surface area contributed by atoms with E-state index < -0.39 is 16.1 Å². The third kappa shape index (κ3) is 3.26. The summed E-state index contributed by atoms with van der Waals surface area (Å²) >= 11 is 0. The molecule has 25 heavy (non-hydrogen) atoms. The Kier molecular flexibility index (Phi) is 4.10. The second-order valence-electron chi connectivity index (χ2n) is 7.32. The third-order valence-electron chi connectivity index (χ3n) is 4.47. The Balaban J connectivity index is 1.73. The van der Waals surface area contributed by atoms with Crippen LogP contribution >= 0.6 is 0 Å². The second kappa shape index (κ2) is 5.87. The van der Waals surface area contributed by atoms with Gasteiger partial charge in [0.25, 0.3) is 0 Å². The summed E-state index contributed by atoms with van der Waals surface area (Å²) in [6.45, 7) is 6.43. The first-order chi connectivity index (χ1) is 11.7. The van der Waals surface area contributed by atoms with Gasteiger partial charge in [-0.05, 0) is 38.5 Å². The highest BCUT2D eigenvalue weighted by molar-refractivity contribution is 5.68. The van der Waals surface area contributed by atoms with Gasteiger partial charge in [0, 0.05) is 19.0 Å². The minimum Gasteiger partial charge on any atom is -0.490 e. The van der Waals surface area contributed by atoms with E-state index in [0.717, 1.165) is 5.56 Å². The van der Waals surface area contributed by atoms with Crippen LogP contribution in [0.1, 0.15) is 32.8 Å². The van der Waals surface area contributed by atoms with Crippen molar-refractivity contribution in [2.75, 3.05) is 20.2 Å². The fourth-order valence-corrected chi connectivity index (χ4v) is 3.20. The van der Waals surface area contributed by atoms with Gasteiger partial charge in [-0.3, -0.25) is 10.1 Å². The van der Waals surface area contributed by atoms with Crippen LogP contribution in [-0.2, 0) is 15.1 Å². The van der Waals surface area contributed by atoms with Crippen LogP contribution in [0.3, 0.4) is 0 Å². The van der Waals surface area contributed by atoms with Gasteiger partial charge in [-0.2, -0.15) is 0 Å². The number of carbonyl (C=O) groups is 1. The van der Waals surface area contributed by atoms with E-state index in [4.69, 9.17) is 14.2 Å². The zero-order valence-corrected chi connectivity index (χ0v) is 14.8. The lowest BCUT2D eigenvalue weighted by Gasteiger charge is -2.31. The van der Waals surface area contributed by atoms with Gasteiger partial charge in [0.1, 0.15) is 17.3 Å². The highest BCUT2D eigenvalue weighted by Crippen LogP contribution is 2.53. The average molecular weight is 350 g/mol. The molecule has 136 valence electrons. The van der Waals surface area contributed by atoms with Crippen molar-refractivity contribution in [1.29, 1.82) is 0 Å². The van der Waals surface area contributed by atoms with E-state index in [1.54, 1.807) is 17.0 Å². The zero-order chi connectivity index (χ0) is 18.4. The first kappa shape index (κ1) is 17.5. The maximum absolute atomic E-state index is 12.2. The largest absolute Gasteiger partial charge is 0.490 e. The summed E-state index contributed by atoms with van der Waals surface area (Å²) in [7, 11) is 1.40. The minimum absolute atomic E-state index is 0.0777. The Morgan fingerprint density at radius 1 is 1.44 bits per heavy atom. The SMILES string of the molecule is COc1cc(C23CCN(C(=O)OC(C)(C)C)CC2O3)ccc1[N+](=O)[O-]. The number of likely N-dealkylation sites (tertiary alicyclic amines) is 1. The molecule has 0 radical (unpaired) electrons. The summed E-state index contributed by atoms with van der Waals surface area (Å²) in [6, 6.07) is 4.78. The van der Waals surface area contributed by atoms with Crippen molar-refractivity contribution in [3.63, 3.8) is 0 Å². The molecule has 0 aromatic heterocycles. The van der Waals surface area contributed by atoms with Crippen LogP contribution in [0.5, 0.6) is 5.75 Å². The maximum atomic E-state index is 12.2. The van der Waals surface area contributed by atoms with Crippen molar-refractivity contribution < 1.29 is 23.9 Å². The van der Waals surface area contributed by atoms with Gasteiger partial charge < -0.3 is 19.1 Å². The van der Waals surface area contributed by atoms with Gasteiger partial charge in [0.05, 0.1) is 18.6 Å². The molecule has 1 aromatic rings. The van der Waals surface area contributed by atoms with Crippen LogP contribution in [0.25, 0.3) is 0 Å². The number of nitrogens with zero attached hydrogens (tertiary/aromatic N) is 2. The highest BCUT2D eigenvalue weighted by atomic mass is 16.6. The fraction of sp³-hybridized carbons (Fsp3) is 0.588. The molecule has 2 atom stereocenters. The van der Waals surface area contributed by atoms with Gasteiger partial charge in [-0.1, -0.05) is 0 Å². The van der Waals surface area contributed by atoms with Crippen LogP contribution in [-0.4, -0.2) is 47.8 Å². The minimum atomic E-state index is -0.540. The quantitative estimate of drug-likeness (QED) is 0.473. The molecule has 0 spiro atoms. The molecule has 2 saturated heterocycles. The summed E-state index contributed by atoms with van der Waals surface area (Å²) in [5.41, 5.74) is -0.280. The molecule has 0 saturated carbocycles. The Bertz CT molecular complexity index is 714. The van der Waals surface area contributed by atoms with Crippen LogP contribution in [0.15, 0.2) is 18.2 Å². The van der Waals surface area contributed by atoms with Crippen LogP contribution in [0.2, 0.25) is 0 Å². The van der Waals surface area contributed by atoms with Crippen molar-refractivity contribution in [3.05, 3.63) is 33.9 Å². The highest BCUT2D eigenvalue weighted by Gasteiger charge is 2.61. The van der Waals surface area contributed by atoms with Crippen LogP contribution in [0, 0.1) is 10.1 Å². The standard InChI is InChI=1S/C17H22N2O6/c1-16(2,3)25-15(20)18-8-7-17(14(10-18)24-17)11-5-6-12(19(21)22)13(9-11)23-4/h5-6,9,14H,7-8,10H2,1-4H3. The van der Waals surface area contributed by atoms with Gasteiger partial charge in [-0.25, -0.2) is 4.79 Å². The molecule has 1 amide bonds. The predicted molar refractivity (Wildman–Crippen MR) is 88.6 cm³/mol. The van der Waals surface area contributed by atoms with E-state index in [1.165, 1.54) is 13.2 Å². The lowest BCUT2D eigenvalue weighted by atomic mass is 9.88. The molecular formula is C17H22N2O6. The van der Waals surface area contributed by atoms with Crippen molar-refractivity contribution >= 4 is 11.8 Å². The van der Waals surface area contributed by atoms with Gasteiger partial charge >= 0.3 is 11.8 Å². The number of methoxy groups -OCH3 is 1. The van der Waals surface area contributed by atoms with Crippen LogP contribution in [0.4, 0.5) is 10.5 Å². The number of piperidine rings is 1. The fourth-order valence-electron chi connectivity index (χ4n) is 3.20. The lowest BCUT2D eigenvalue weighted by Crippen LogP contribution is -2.44. The summed E-state index contributed by atoms with van der Waals surface area (Å²) in [6.07, 6.45) is 0.121. The number of rotatable bonds is 3. The van der Waals surface area contributed by atoms with E-state index >= 15 is 0 Å². The first-order valence-electron chi connectivity index (χ1n) is 8.15. The topological polar surface area (TPSA) is 94.4 Å². The number of benzene rings is 1. The van der Waals surface area contributed by atoms with Gasteiger partial charge in [-0.15, -0.1) is 0 Å². The number of epoxide rings is 1. The lowest BCUT2D eigenvalue weighted by molar-refractivity contribution is -0.385. The molecule has 2 fully saturated rings. The normalized spacial score (nSPS) is 25.1. The molecule has 0 N–H and O–H groups in total. The van der Waals surface area contributed by atoms with Crippen LogP contribution < -0.4 is 4.74 Å². The summed E-state index contributed by atoms with van der Waals surface area (Å²) in [5, 5.41) is 11.0. The number of carbonyl (C=O) groups excluding carboxylic acids is 1. The Labute approximate surface area is 145 Å². The molecule has 2 unspecified atom stereocenters. The van der Waals surface area contributed by atoms with Crippen molar-refractivity contribution in [1.82, 2.24) is 4.90 Å². The summed E-state index contributed by atoms with van der Waals surface area (Å²) in [4.78, 5) is 24.4. The molecule has 3 rings (SSSR count). The van der Waals surface area contributed by atoms with Gasteiger partial charge in [0.2, 0.25) is 0 Å². The number of nitro benzene ring substituents is 1. The average Bonchev–Trinajstić information content (AvgIpc) is 3.27. The number of hydrogen-bond donors (Lipinski definition) is 0. The van der Waals surface area contributed by atoms with E-state index in [1.807, 2.05) is 20.8 Å². The van der Waals surface area contributed by atoms with Crippen molar-refractivity contribution in [3.8, 4) is 5.75 Å². The molecule has 2 aliphatic heterocycles. The van der Waals surface area contributed by atoms with E-state index in [2.05, 4.69) is 0 Å². The monoisotopic (exact) mass is 350 g/mol. The number of nitro groups is 1. The molecule has 8 heteroatoms. The van der Waals surface area contributed by atoms with Gasteiger partial charge in [0.15, 0.2) is 5.75 Å². The van der Waals surface area contributed by atoms with E-state index in [9.17, 15) is 14.9 Å². The zero-order valence-electron chi connectivity index (χ0n) is 14.8. The second-order valence-corrected chi connectivity index (χ2v) is 7.32. The Morgan fingerprint density at radius 3 is 2.72 bits per heavy atom. The molecule has 2 heterocycles. The molecule has 0 bridgehead atoms. The first-order valence-corrected chi connectivity index (χ1v) is 8.15. The molecular weight excluding hydrogens is 328 g/mol. The van der Waals surface area contributed by atoms with Crippen molar-refractivity contribution in [2.24, 2.45) is 0 Å². The Morgan fingerprint density at radius 2 is 2.16 bits per heavy atom. The number of hydrogen-bond acceptors (Lipinski definition) is 6. The number of amides is 1. The Hall–Kier alpha value is -2.35. The molecule has 2 aliphatic rings. The summed E-state index contributed by atoms with van der Waals surface area (Å²) < 4.78 is 16.4. The number of fused-ring (bicyclic) bond motifs is 1. The third-order valence-corrected chi connectivity index (χ3v) is 4.47. The number of ether oxygens (including phenoxy) is 3. The maximum Gasteiger partial charge on any atom is 0.410 e. The van der Waals surface area contributed by atoms with E-state index in [-0.39, 0.29) is 23.6 Å². The molecule has 1 aromatic carbocycles. The van der Waals surface area contributed by atoms with E-state index in [0.29, 0.717) is 19.5 Å². The molecule has 8 nitrogen and oxygen atoms in total.